The van der Waals surface area contributed by atoms with Gasteiger partial charge in [0.2, 0.25) is 5.91 Å². The highest BCUT2D eigenvalue weighted by Crippen LogP contribution is 2.22. The lowest BCUT2D eigenvalue weighted by molar-refractivity contribution is -0.132. The van der Waals surface area contributed by atoms with Gasteiger partial charge in [-0.25, -0.2) is 0 Å². The Bertz CT molecular complexity index is 591. The molecule has 1 saturated heterocycles. The van der Waals surface area contributed by atoms with Gasteiger partial charge in [-0.3, -0.25) is 4.79 Å². The van der Waals surface area contributed by atoms with Gasteiger partial charge in [-0.1, -0.05) is 12.1 Å². The molecule has 1 aromatic carbocycles. The van der Waals surface area contributed by atoms with Crippen LogP contribution >= 0.6 is 24.8 Å². The zero-order chi connectivity index (χ0) is 14.1. The van der Waals surface area contributed by atoms with Gasteiger partial charge in [-0.05, 0) is 19.1 Å². The van der Waals surface area contributed by atoms with E-state index in [1.54, 1.807) is 11.8 Å². The summed E-state index contributed by atoms with van der Waals surface area (Å²) in [6.07, 6.45) is 0. The molecule has 1 amide bonds. The first-order valence-electron chi connectivity index (χ1n) is 6.80. The zero-order valence-corrected chi connectivity index (χ0v) is 13.9. The second-order valence-electron chi connectivity index (χ2n) is 5.07. The van der Waals surface area contributed by atoms with Gasteiger partial charge < -0.3 is 20.0 Å². The molecule has 2 heterocycles. The van der Waals surface area contributed by atoms with Crippen LogP contribution in [0, 0.1) is 0 Å². The predicted molar refractivity (Wildman–Crippen MR) is 90.9 cm³/mol. The van der Waals surface area contributed by atoms with Crippen LogP contribution < -0.4 is 10.6 Å². The fraction of sp³-hybridized carbons (Fsp3) is 0.429. The number of oxazole rings is 1. The van der Waals surface area contributed by atoms with Crippen molar-refractivity contribution in [2.75, 3.05) is 31.1 Å². The first-order chi connectivity index (χ1) is 9.65. The molecule has 0 aliphatic carbocycles. The number of hydrogen-bond acceptors (Lipinski definition) is 5. The number of fused-ring (bicyclic) bond motifs is 1. The minimum Gasteiger partial charge on any atom is -0.423 e. The Morgan fingerprint density at radius 1 is 1.23 bits per heavy atom. The van der Waals surface area contributed by atoms with E-state index in [0.29, 0.717) is 32.2 Å². The molecule has 0 spiro atoms. The summed E-state index contributed by atoms with van der Waals surface area (Å²) < 4.78 is 5.74. The average molecular weight is 347 g/mol. The fourth-order valence-electron chi connectivity index (χ4n) is 2.40. The molecule has 8 heteroatoms. The molecule has 1 fully saturated rings. The normalized spacial score (nSPS) is 15.9. The molecular formula is C14H20Cl2N4O2. The molecule has 6 nitrogen and oxygen atoms in total. The Morgan fingerprint density at radius 2 is 1.86 bits per heavy atom. The predicted octanol–water partition coefficient (Wildman–Crippen LogP) is 1.67. The van der Waals surface area contributed by atoms with Crippen molar-refractivity contribution in [1.82, 2.24) is 9.88 Å². The maximum Gasteiger partial charge on any atom is 0.298 e. The molecule has 3 rings (SSSR count). The highest BCUT2D eigenvalue weighted by molar-refractivity contribution is 5.85. The zero-order valence-electron chi connectivity index (χ0n) is 12.3. The molecule has 122 valence electrons. The molecule has 0 saturated carbocycles. The third-order valence-electron chi connectivity index (χ3n) is 3.53. The second kappa shape index (κ2) is 7.67. The number of rotatable bonds is 2. The van der Waals surface area contributed by atoms with Gasteiger partial charge in [0.05, 0.1) is 6.04 Å². The van der Waals surface area contributed by atoms with E-state index in [0.717, 1.165) is 11.1 Å². The van der Waals surface area contributed by atoms with Crippen LogP contribution in [0.1, 0.15) is 6.92 Å². The van der Waals surface area contributed by atoms with Gasteiger partial charge in [0, 0.05) is 26.2 Å². The molecule has 1 atom stereocenters. The lowest BCUT2D eigenvalue weighted by Crippen LogP contribution is -2.52. The third-order valence-corrected chi connectivity index (χ3v) is 3.53. The monoisotopic (exact) mass is 346 g/mol. The van der Waals surface area contributed by atoms with Crippen molar-refractivity contribution in [2.45, 2.75) is 13.0 Å². The number of piperazine rings is 1. The number of amides is 1. The van der Waals surface area contributed by atoms with Crippen LogP contribution in [-0.4, -0.2) is 48.0 Å². The van der Waals surface area contributed by atoms with E-state index >= 15 is 0 Å². The van der Waals surface area contributed by atoms with Crippen LogP contribution in [0.25, 0.3) is 11.1 Å². The van der Waals surface area contributed by atoms with E-state index in [9.17, 15) is 4.79 Å². The molecule has 0 unspecified atom stereocenters. The standard InChI is InChI=1S/C14H18N4O2.2ClH/c1-10(15)13(19)17-6-8-18(9-7-17)14-16-11-4-2-3-5-12(11)20-14;;/h2-5,10H,6-9,15H2,1H3;2*1H/t10-;;/m1../s1. The summed E-state index contributed by atoms with van der Waals surface area (Å²) in [5, 5.41) is 0. The SMILES string of the molecule is C[C@@H](N)C(=O)N1CCN(c2nc3ccccc3o2)CC1.Cl.Cl. The van der Waals surface area contributed by atoms with Gasteiger partial charge in [-0.15, -0.1) is 24.8 Å². The number of nitrogens with zero attached hydrogens (tertiary/aromatic N) is 3. The minimum absolute atomic E-state index is 0. The van der Waals surface area contributed by atoms with Gasteiger partial charge in [0.1, 0.15) is 5.52 Å². The first kappa shape index (κ1) is 18.5. The van der Waals surface area contributed by atoms with Crippen molar-refractivity contribution in [2.24, 2.45) is 5.73 Å². The van der Waals surface area contributed by atoms with Gasteiger partial charge in [0.25, 0.3) is 6.01 Å². The number of aromatic nitrogens is 1. The average Bonchev–Trinajstić information content (AvgIpc) is 2.90. The minimum atomic E-state index is -0.439. The highest BCUT2D eigenvalue weighted by Gasteiger charge is 2.25. The van der Waals surface area contributed by atoms with E-state index in [1.165, 1.54) is 0 Å². The fourth-order valence-corrected chi connectivity index (χ4v) is 2.40. The Labute approximate surface area is 141 Å². The van der Waals surface area contributed by atoms with Crippen LogP contribution in [0.2, 0.25) is 0 Å². The lowest BCUT2D eigenvalue weighted by Gasteiger charge is -2.34. The van der Waals surface area contributed by atoms with Crippen LogP contribution in [0.15, 0.2) is 28.7 Å². The van der Waals surface area contributed by atoms with Crippen molar-refractivity contribution in [1.29, 1.82) is 0 Å². The summed E-state index contributed by atoms with van der Waals surface area (Å²) in [4.78, 5) is 20.2. The quantitative estimate of drug-likeness (QED) is 0.894. The topological polar surface area (TPSA) is 75.6 Å². The van der Waals surface area contributed by atoms with Gasteiger partial charge >= 0.3 is 0 Å². The summed E-state index contributed by atoms with van der Waals surface area (Å²) in [6, 6.07) is 7.88. The van der Waals surface area contributed by atoms with Crippen LogP contribution in [-0.2, 0) is 4.79 Å². The number of nitrogens with two attached hydrogens (primary N) is 1. The van der Waals surface area contributed by atoms with Gasteiger partial charge in [0.15, 0.2) is 5.58 Å². The Balaban J connectivity index is 0.00000121. The van der Waals surface area contributed by atoms with Gasteiger partial charge in [-0.2, -0.15) is 4.98 Å². The Kier molecular flexibility index (Phi) is 6.47. The Hall–Kier alpha value is -1.50. The molecule has 2 N–H and O–H groups in total. The lowest BCUT2D eigenvalue weighted by atomic mass is 10.2. The molecule has 1 aliphatic rings. The Morgan fingerprint density at radius 3 is 2.45 bits per heavy atom. The molecule has 0 radical (unpaired) electrons. The first-order valence-corrected chi connectivity index (χ1v) is 6.80. The molecule has 2 aromatic rings. The smallest absolute Gasteiger partial charge is 0.298 e. The third kappa shape index (κ3) is 3.63. The highest BCUT2D eigenvalue weighted by atomic mass is 35.5. The number of carbonyl (C=O) groups excluding carboxylic acids is 1. The van der Waals surface area contributed by atoms with Crippen LogP contribution in [0.3, 0.4) is 0 Å². The molecule has 22 heavy (non-hydrogen) atoms. The van der Waals surface area contributed by atoms with Crippen molar-refractivity contribution in [3.8, 4) is 0 Å². The summed E-state index contributed by atoms with van der Waals surface area (Å²) in [7, 11) is 0. The second-order valence-corrected chi connectivity index (χ2v) is 5.07. The van der Waals surface area contributed by atoms with E-state index in [1.807, 2.05) is 24.3 Å². The number of anilines is 1. The summed E-state index contributed by atoms with van der Waals surface area (Å²) in [5.74, 6) is 0.00205. The molecular weight excluding hydrogens is 327 g/mol. The van der Waals surface area contributed by atoms with Crippen molar-refractivity contribution in [3.05, 3.63) is 24.3 Å². The largest absolute Gasteiger partial charge is 0.423 e. The summed E-state index contributed by atoms with van der Waals surface area (Å²) in [5.41, 5.74) is 7.27. The molecule has 0 bridgehead atoms. The number of carbonyl (C=O) groups is 1. The number of para-hydroxylation sites is 2. The van der Waals surface area contributed by atoms with E-state index in [4.69, 9.17) is 10.2 Å². The van der Waals surface area contributed by atoms with E-state index in [-0.39, 0.29) is 30.7 Å². The van der Waals surface area contributed by atoms with E-state index < -0.39 is 6.04 Å². The number of benzene rings is 1. The van der Waals surface area contributed by atoms with Crippen molar-refractivity contribution >= 4 is 47.8 Å². The molecule has 1 aliphatic heterocycles. The number of halogens is 2. The van der Waals surface area contributed by atoms with E-state index in [2.05, 4.69) is 9.88 Å². The summed E-state index contributed by atoms with van der Waals surface area (Å²) >= 11 is 0. The number of hydrogen-bond donors (Lipinski definition) is 1. The van der Waals surface area contributed by atoms with Crippen LogP contribution in [0.4, 0.5) is 6.01 Å². The van der Waals surface area contributed by atoms with Crippen molar-refractivity contribution < 1.29 is 9.21 Å². The summed E-state index contributed by atoms with van der Waals surface area (Å²) in [6.45, 7) is 4.45. The maximum atomic E-state index is 11.8. The molecule has 1 aromatic heterocycles. The van der Waals surface area contributed by atoms with Crippen LogP contribution in [0.5, 0.6) is 0 Å². The maximum absolute atomic E-state index is 11.8. The van der Waals surface area contributed by atoms with Crippen molar-refractivity contribution in [3.63, 3.8) is 0 Å².